The Hall–Kier alpha value is 0.554. The van der Waals surface area contributed by atoms with Crippen LogP contribution in [0.5, 0.6) is 0 Å². The summed E-state index contributed by atoms with van der Waals surface area (Å²) < 4.78 is 0. The molecule has 110 valence electrons. The fourth-order valence-electron chi connectivity index (χ4n) is 1.07. The molecule has 4 N–H and O–H groups in total. The second-order valence-corrected chi connectivity index (χ2v) is 4.88. The first kappa shape index (κ1) is 23.6. The maximum absolute atomic E-state index is 8.75. The summed E-state index contributed by atoms with van der Waals surface area (Å²) in [5.41, 5.74) is -0.708. The predicted octanol–water partition coefficient (Wildman–Crippen LogP) is 1.16. The molecule has 1 atom stereocenters. The monoisotopic (exact) mass is 298 g/mol. The molecular formula is C13H30O4Ti. The van der Waals surface area contributed by atoms with Crippen LogP contribution in [0.1, 0.15) is 46.5 Å². The van der Waals surface area contributed by atoms with Gasteiger partial charge in [-0.15, -0.1) is 0 Å². The van der Waals surface area contributed by atoms with Gasteiger partial charge in [0, 0.05) is 33.7 Å². The van der Waals surface area contributed by atoms with E-state index < -0.39 is 5.41 Å². The number of aliphatic hydroxyl groups excluding tert-OH is 4. The number of unbranched alkanes of at least 4 members (excludes halogenated alkanes) is 1. The third-order valence-electron chi connectivity index (χ3n) is 2.95. The standard InChI is InChI=1S/C8H18O.C5H12O3.Ti/c1-3-5-6-8(4-2)7-9;1-5(2-6,3-7)4-8;/h8-9H,3-7H2,1-2H3;6-8H,2-4H2,1H3;. The van der Waals surface area contributed by atoms with E-state index in [0.29, 0.717) is 12.5 Å². The van der Waals surface area contributed by atoms with E-state index in [1.54, 1.807) is 6.92 Å². The van der Waals surface area contributed by atoms with Crippen LogP contribution in [-0.4, -0.2) is 46.9 Å². The zero-order chi connectivity index (χ0) is 13.7. The number of rotatable bonds is 8. The molecule has 0 bridgehead atoms. The molecule has 0 heterocycles. The Morgan fingerprint density at radius 3 is 1.56 bits per heavy atom. The van der Waals surface area contributed by atoms with Crippen LogP contribution in [0, 0.1) is 11.3 Å². The minimum atomic E-state index is -0.708. The SMILES string of the molecule is CC(CO)(CO)CO.CCCCC(CC)CO.[Ti]. The van der Waals surface area contributed by atoms with Crippen molar-refractivity contribution in [2.45, 2.75) is 46.5 Å². The van der Waals surface area contributed by atoms with Crippen molar-refractivity contribution in [1.29, 1.82) is 0 Å². The molecule has 0 aromatic rings. The quantitative estimate of drug-likeness (QED) is 0.507. The van der Waals surface area contributed by atoms with Gasteiger partial charge in [-0.1, -0.05) is 40.0 Å². The van der Waals surface area contributed by atoms with E-state index >= 15 is 0 Å². The first-order valence-corrected chi connectivity index (χ1v) is 6.46. The summed E-state index contributed by atoms with van der Waals surface area (Å²) in [7, 11) is 0. The Morgan fingerprint density at radius 1 is 0.944 bits per heavy atom. The summed E-state index contributed by atoms with van der Waals surface area (Å²) in [6.45, 7) is 5.75. The summed E-state index contributed by atoms with van der Waals surface area (Å²) in [6, 6.07) is 0. The minimum absolute atomic E-state index is 0. The van der Waals surface area contributed by atoms with Crippen LogP contribution < -0.4 is 0 Å². The van der Waals surface area contributed by atoms with Crippen molar-refractivity contribution >= 4 is 0 Å². The van der Waals surface area contributed by atoms with Gasteiger partial charge in [0.25, 0.3) is 0 Å². The molecule has 0 rings (SSSR count). The Labute approximate surface area is 126 Å². The van der Waals surface area contributed by atoms with Gasteiger partial charge < -0.3 is 20.4 Å². The van der Waals surface area contributed by atoms with Gasteiger partial charge in [0.1, 0.15) is 0 Å². The van der Waals surface area contributed by atoms with Crippen LogP contribution >= 0.6 is 0 Å². The second kappa shape index (κ2) is 15.6. The van der Waals surface area contributed by atoms with Gasteiger partial charge >= 0.3 is 0 Å². The topological polar surface area (TPSA) is 80.9 Å². The molecule has 0 radical (unpaired) electrons. The Balaban J connectivity index is -0.000000238. The van der Waals surface area contributed by atoms with Crippen LogP contribution in [0.4, 0.5) is 0 Å². The zero-order valence-corrected chi connectivity index (χ0v) is 13.6. The predicted molar refractivity (Wildman–Crippen MR) is 69.8 cm³/mol. The summed E-state index contributed by atoms with van der Waals surface area (Å²) in [5, 5.41) is 34.1. The normalized spacial score (nSPS) is 12.2. The molecule has 0 spiro atoms. The van der Waals surface area contributed by atoms with E-state index in [4.69, 9.17) is 20.4 Å². The zero-order valence-electron chi connectivity index (χ0n) is 12.0. The van der Waals surface area contributed by atoms with Crippen molar-refractivity contribution in [2.24, 2.45) is 11.3 Å². The molecule has 5 heteroatoms. The molecular weight excluding hydrogens is 268 g/mol. The smallest absolute Gasteiger partial charge is 0.0528 e. The molecule has 0 aromatic carbocycles. The van der Waals surface area contributed by atoms with Crippen molar-refractivity contribution in [3.63, 3.8) is 0 Å². The van der Waals surface area contributed by atoms with Crippen LogP contribution in [0.15, 0.2) is 0 Å². The first-order chi connectivity index (χ1) is 8.03. The molecule has 4 nitrogen and oxygen atoms in total. The fourth-order valence-corrected chi connectivity index (χ4v) is 1.07. The molecule has 0 aliphatic carbocycles. The van der Waals surface area contributed by atoms with E-state index in [9.17, 15) is 0 Å². The number of hydrogen-bond acceptors (Lipinski definition) is 4. The van der Waals surface area contributed by atoms with E-state index in [0.717, 1.165) is 6.42 Å². The van der Waals surface area contributed by atoms with Gasteiger partial charge in [-0.2, -0.15) is 0 Å². The molecule has 0 saturated carbocycles. The molecule has 0 amide bonds. The van der Waals surface area contributed by atoms with Crippen molar-refractivity contribution in [2.75, 3.05) is 26.4 Å². The van der Waals surface area contributed by atoms with Crippen molar-refractivity contribution < 1.29 is 42.1 Å². The molecule has 0 aliphatic rings. The third kappa shape index (κ3) is 13.0. The van der Waals surface area contributed by atoms with Gasteiger partial charge in [0.15, 0.2) is 0 Å². The van der Waals surface area contributed by atoms with E-state index in [1.165, 1.54) is 19.3 Å². The fraction of sp³-hybridized carbons (Fsp3) is 1.00. The van der Waals surface area contributed by atoms with Crippen molar-refractivity contribution in [3.8, 4) is 0 Å². The molecule has 0 fully saturated rings. The largest absolute Gasteiger partial charge is 0.396 e. The van der Waals surface area contributed by atoms with Gasteiger partial charge in [0.05, 0.1) is 19.8 Å². The van der Waals surface area contributed by atoms with Gasteiger partial charge in [0.2, 0.25) is 0 Å². The first-order valence-electron chi connectivity index (χ1n) is 6.46. The maximum atomic E-state index is 8.75. The van der Waals surface area contributed by atoms with Crippen LogP contribution in [0.2, 0.25) is 0 Å². The maximum Gasteiger partial charge on any atom is 0.0528 e. The second-order valence-electron chi connectivity index (χ2n) is 4.88. The average molecular weight is 298 g/mol. The van der Waals surface area contributed by atoms with Gasteiger partial charge in [-0.05, 0) is 12.3 Å². The average Bonchev–Trinajstić information content (AvgIpc) is 2.40. The van der Waals surface area contributed by atoms with E-state index in [2.05, 4.69) is 13.8 Å². The Kier molecular flexibility index (Phi) is 20.5. The van der Waals surface area contributed by atoms with Crippen LogP contribution in [0.3, 0.4) is 0 Å². The van der Waals surface area contributed by atoms with Crippen LogP contribution in [0.25, 0.3) is 0 Å². The summed E-state index contributed by atoms with van der Waals surface area (Å²) in [4.78, 5) is 0. The van der Waals surface area contributed by atoms with Gasteiger partial charge in [-0.3, -0.25) is 0 Å². The summed E-state index contributed by atoms with van der Waals surface area (Å²) >= 11 is 0. The van der Waals surface area contributed by atoms with Gasteiger partial charge in [-0.25, -0.2) is 0 Å². The molecule has 1 unspecified atom stereocenters. The number of aliphatic hydroxyl groups is 4. The molecule has 0 saturated heterocycles. The minimum Gasteiger partial charge on any atom is -0.396 e. The molecule has 0 aliphatic heterocycles. The molecule has 0 aromatic heterocycles. The van der Waals surface area contributed by atoms with Crippen molar-refractivity contribution in [3.05, 3.63) is 0 Å². The van der Waals surface area contributed by atoms with Crippen LogP contribution in [-0.2, 0) is 21.7 Å². The molecule has 18 heavy (non-hydrogen) atoms. The number of hydrogen-bond donors (Lipinski definition) is 4. The van der Waals surface area contributed by atoms with E-state index in [1.807, 2.05) is 0 Å². The van der Waals surface area contributed by atoms with E-state index in [-0.39, 0.29) is 41.5 Å². The summed E-state index contributed by atoms with van der Waals surface area (Å²) in [5.74, 6) is 0.560. The Bertz CT molecular complexity index is 140. The third-order valence-corrected chi connectivity index (χ3v) is 2.95. The summed E-state index contributed by atoms with van der Waals surface area (Å²) in [6.07, 6.45) is 4.83. The Morgan fingerprint density at radius 2 is 1.39 bits per heavy atom. The van der Waals surface area contributed by atoms with Crippen molar-refractivity contribution in [1.82, 2.24) is 0 Å².